The van der Waals surface area contributed by atoms with Gasteiger partial charge in [0, 0.05) is 19.5 Å². The number of likely N-dealkylation sites (tertiary alicyclic amines) is 1. The third kappa shape index (κ3) is 3.45. The van der Waals surface area contributed by atoms with Crippen molar-refractivity contribution >= 4 is 5.91 Å². The van der Waals surface area contributed by atoms with Crippen molar-refractivity contribution in [3.8, 4) is 5.75 Å². The second-order valence-electron chi connectivity index (χ2n) is 4.78. The van der Waals surface area contributed by atoms with Crippen molar-refractivity contribution in [2.24, 2.45) is 0 Å². The van der Waals surface area contributed by atoms with E-state index in [0.29, 0.717) is 12.8 Å². The topological polar surface area (TPSA) is 70.0 Å². The molecular weight excluding hydrogens is 246 g/mol. The van der Waals surface area contributed by atoms with Crippen LogP contribution in [0.5, 0.6) is 5.75 Å². The van der Waals surface area contributed by atoms with E-state index in [1.165, 1.54) is 4.90 Å². The van der Waals surface area contributed by atoms with Crippen LogP contribution in [-0.4, -0.2) is 53.4 Å². The molecule has 0 spiro atoms. The van der Waals surface area contributed by atoms with Crippen LogP contribution in [0.4, 0.5) is 0 Å². The van der Waals surface area contributed by atoms with Gasteiger partial charge < -0.3 is 19.8 Å². The van der Waals surface area contributed by atoms with Gasteiger partial charge in [0.05, 0.1) is 19.3 Å². The van der Waals surface area contributed by atoms with Gasteiger partial charge in [-0.3, -0.25) is 4.79 Å². The molecule has 5 nitrogen and oxygen atoms in total. The molecule has 0 saturated carbocycles. The third-order valence-electron chi connectivity index (χ3n) is 3.40. The molecule has 1 heterocycles. The minimum atomic E-state index is -0.815. The Hall–Kier alpha value is -1.59. The van der Waals surface area contributed by atoms with Crippen LogP contribution in [-0.2, 0) is 11.2 Å². The van der Waals surface area contributed by atoms with E-state index in [1.807, 2.05) is 24.3 Å². The quantitative estimate of drug-likeness (QED) is 0.815. The summed E-state index contributed by atoms with van der Waals surface area (Å²) in [6.45, 7) is 0.450. The molecule has 0 aromatic heterocycles. The first-order valence-electron chi connectivity index (χ1n) is 6.37. The van der Waals surface area contributed by atoms with Crippen molar-refractivity contribution in [1.82, 2.24) is 4.90 Å². The molecule has 2 unspecified atom stereocenters. The summed E-state index contributed by atoms with van der Waals surface area (Å²) < 4.78 is 5.07. The number of hydrogen-bond acceptors (Lipinski definition) is 4. The zero-order valence-corrected chi connectivity index (χ0v) is 11.0. The van der Waals surface area contributed by atoms with E-state index in [-0.39, 0.29) is 19.0 Å². The Morgan fingerprint density at radius 3 is 2.37 bits per heavy atom. The number of carbonyl (C=O) groups is 1. The summed E-state index contributed by atoms with van der Waals surface area (Å²) in [7, 11) is 1.61. The van der Waals surface area contributed by atoms with Crippen molar-refractivity contribution in [1.29, 1.82) is 0 Å². The van der Waals surface area contributed by atoms with Crippen LogP contribution in [0.15, 0.2) is 24.3 Å². The summed E-state index contributed by atoms with van der Waals surface area (Å²) in [5, 5.41) is 18.8. The molecule has 2 rings (SSSR count). The van der Waals surface area contributed by atoms with Crippen LogP contribution >= 0.6 is 0 Å². The highest BCUT2D eigenvalue weighted by Gasteiger charge is 2.31. The number of benzene rings is 1. The smallest absolute Gasteiger partial charge is 0.223 e. The number of aryl methyl sites for hydroxylation is 1. The summed E-state index contributed by atoms with van der Waals surface area (Å²) in [6, 6.07) is 7.59. The number of nitrogens with zero attached hydrogens (tertiary/aromatic N) is 1. The number of carbonyl (C=O) groups excluding carboxylic acids is 1. The first-order chi connectivity index (χ1) is 9.10. The third-order valence-corrected chi connectivity index (χ3v) is 3.40. The molecule has 0 aliphatic carbocycles. The summed E-state index contributed by atoms with van der Waals surface area (Å²) in [6.07, 6.45) is -0.605. The highest BCUT2D eigenvalue weighted by atomic mass is 16.5. The number of aliphatic hydroxyl groups excluding tert-OH is 2. The van der Waals surface area contributed by atoms with Gasteiger partial charge in [-0.2, -0.15) is 0 Å². The van der Waals surface area contributed by atoms with Crippen molar-refractivity contribution in [3.63, 3.8) is 0 Å². The molecule has 1 saturated heterocycles. The first-order valence-corrected chi connectivity index (χ1v) is 6.37. The minimum absolute atomic E-state index is 0.0357. The van der Waals surface area contributed by atoms with E-state index in [9.17, 15) is 15.0 Å². The SMILES string of the molecule is COc1ccc(CCC(=O)N2CC(O)C(O)C2)cc1. The first kappa shape index (κ1) is 13.8. The molecular formula is C14H19NO4. The second kappa shape index (κ2) is 6.04. The summed E-state index contributed by atoms with van der Waals surface area (Å²) in [5.74, 6) is 0.757. The largest absolute Gasteiger partial charge is 0.497 e. The number of methoxy groups -OCH3 is 1. The van der Waals surface area contributed by atoms with Crippen molar-refractivity contribution in [2.75, 3.05) is 20.2 Å². The van der Waals surface area contributed by atoms with Gasteiger partial charge in [-0.15, -0.1) is 0 Å². The Morgan fingerprint density at radius 1 is 1.26 bits per heavy atom. The lowest BCUT2D eigenvalue weighted by molar-refractivity contribution is -0.130. The molecule has 104 valence electrons. The fourth-order valence-electron chi connectivity index (χ4n) is 2.17. The summed E-state index contributed by atoms with van der Waals surface area (Å²) in [4.78, 5) is 13.4. The monoisotopic (exact) mass is 265 g/mol. The van der Waals surface area contributed by atoms with Gasteiger partial charge in [0.25, 0.3) is 0 Å². The maximum absolute atomic E-state index is 11.9. The minimum Gasteiger partial charge on any atom is -0.497 e. The average Bonchev–Trinajstić information content (AvgIpc) is 2.77. The number of aliphatic hydroxyl groups is 2. The number of amides is 1. The Kier molecular flexibility index (Phi) is 4.39. The fourth-order valence-corrected chi connectivity index (χ4v) is 2.17. The lowest BCUT2D eigenvalue weighted by atomic mass is 10.1. The van der Waals surface area contributed by atoms with Crippen molar-refractivity contribution < 1.29 is 19.7 Å². The molecule has 0 radical (unpaired) electrons. The molecule has 2 atom stereocenters. The molecule has 5 heteroatoms. The molecule has 1 aromatic rings. The van der Waals surface area contributed by atoms with Gasteiger partial charge in [-0.25, -0.2) is 0 Å². The highest BCUT2D eigenvalue weighted by molar-refractivity contribution is 5.76. The average molecular weight is 265 g/mol. The zero-order valence-electron chi connectivity index (χ0n) is 11.0. The van der Waals surface area contributed by atoms with Gasteiger partial charge in [0.2, 0.25) is 5.91 Å². The van der Waals surface area contributed by atoms with E-state index >= 15 is 0 Å². The lowest BCUT2D eigenvalue weighted by Gasteiger charge is -2.15. The Labute approximate surface area is 112 Å². The number of hydrogen-bond donors (Lipinski definition) is 2. The standard InChI is InChI=1S/C14H19NO4/c1-19-11-5-2-10(3-6-11)4-7-14(18)15-8-12(16)13(17)9-15/h2-3,5-6,12-13,16-17H,4,7-9H2,1H3. The van der Waals surface area contributed by atoms with E-state index in [4.69, 9.17) is 4.74 Å². The summed E-state index contributed by atoms with van der Waals surface area (Å²) in [5.41, 5.74) is 1.06. The van der Waals surface area contributed by atoms with Gasteiger partial charge in [0.15, 0.2) is 0 Å². The predicted molar refractivity (Wildman–Crippen MR) is 69.9 cm³/mol. The normalized spacial score (nSPS) is 22.6. The van der Waals surface area contributed by atoms with Crippen LogP contribution in [0.25, 0.3) is 0 Å². The molecule has 1 aromatic carbocycles. The van der Waals surface area contributed by atoms with Crippen LogP contribution < -0.4 is 4.74 Å². The molecule has 1 aliphatic rings. The Balaban J connectivity index is 1.83. The van der Waals surface area contributed by atoms with Crippen molar-refractivity contribution in [3.05, 3.63) is 29.8 Å². The summed E-state index contributed by atoms with van der Waals surface area (Å²) >= 11 is 0. The highest BCUT2D eigenvalue weighted by Crippen LogP contribution is 2.15. The lowest BCUT2D eigenvalue weighted by Crippen LogP contribution is -2.29. The molecule has 1 amide bonds. The molecule has 1 aliphatic heterocycles. The van der Waals surface area contributed by atoms with Crippen LogP contribution in [0.2, 0.25) is 0 Å². The molecule has 19 heavy (non-hydrogen) atoms. The van der Waals surface area contributed by atoms with Crippen LogP contribution in [0, 0.1) is 0 Å². The number of ether oxygens (including phenoxy) is 1. The zero-order chi connectivity index (χ0) is 13.8. The van der Waals surface area contributed by atoms with Gasteiger partial charge in [-0.05, 0) is 24.1 Å². The van der Waals surface area contributed by atoms with E-state index < -0.39 is 12.2 Å². The Bertz CT molecular complexity index is 422. The Morgan fingerprint density at radius 2 is 1.84 bits per heavy atom. The van der Waals surface area contributed by atoms with E-state index in [2.05, 4.69) is 0 Å². The van der Waals surface area contributed by atoms with Gasteiger partial charge in [-0.1, -0.05) is 12.1 Å². The maximum atomic E-state index is 11.9. The van der Waals surface area contributed by atoms with Gasteiger partial charge >= 0.3 is 0 Å². The number of rotatable bonds is 4. The van der Waals surface area contributed by atoms with E-state index in [1.54, 1.807) is 7.11 Å². The predicted octanol–water partition coefficient (Wildman–Crippen LogP) is 0.192. The van der Waals surface area contributed by atoms with Gasteiger partial charge in [0.1, 0.15) is 5.75 Å². The second-order valence-corrected chi connectivity index (χ2v) is 4.78. The molecule has 2 N–H and O–H groups in total. The van der Waals surface area contributed by atoms with Crippen LogP contribution in [0.3, 0.4) is 0 Å². The van der Waals surface area contributed by atoms with Crippen molar-refractivity contribution in [2.45, 2.75) is 25.0 Å². The fraction of sp³-hybridized carbons (Fsp3) is 0.500. The van der Waals surface area contributed by atoms with Crippen LogP contribution in [0.1, 0.15) is 12.0 Å². The molecule has 1 fully saturated rings. The molecule has 0 bridgehead atoms. The maximum Gasteiger partial charge on any atom is 0.223 e. The number of β-amino-alcohol motifs (C(OH)–C–C–N with tert-alkyl or cyclic N) is 2. The van der Waals surface area contributed by atoms with E-state index in [0.717, 1.165) is 11.3 Å².